The van der Waals surface area contributed by atoms with Crippen LogP contribution in [0, 0.1) is 5.92 Å². The van der Waals surface area contributed by atoms with Crippen LogP contribution in [0.2, 0.25) is 0 Å². The Morgan fingerprint density at radius 2 is 1.89 bits per heavy atom. The van der Waals surface area contributed by atoms with E-state index in [1.807, 2.05) is 0 Å². The molecule has 0 aromatic rings. The first-order chi connectivity index (χ1) is 8.99. The molecule has 2 saturated heterocycles. The Morgan fingerprint density at radius 3 is 2.53 bits per heavy atom. The smallest absolute Gasteiger partial charge is 0.0247 e. The van der Waals surface area contributed by atoms with Gasteiger partial charge in [-0.2, -0.15) is 0 Å². The van der Waals surface area contributed by atoms with Crippen molar-refractivity contribution in [2.24, 2.45) is 5.92 Å². The van der Waals surface area contributed by atoms with Crippen LogP contribution in [0.1, 0.15) is 47.5 Å². The van der Waals surface area contributed by atoms with Crippen molar-refractivity contribution in [3.8, 4) is 0 Å². The molecule has 0 spiro atoms. The van der Waals surface area contributed by atoms with Crippen LogP contribution in [0.3, 0.4) is 0 Å². The van der Waals surface area contributed by atoms with E-state index in [-0.39, 0.29) is 0 Å². The lowest BCUT2D eigenvalue weighted by molar-refractivity contribution is 0.0128. The molecule has 0 aromatic carbocycles. The highest BCUT2D eigenvalue weighted by Crippen LogP contribution is 2.27. The summed E-state index contributed by atoms with van der Waals surface area (Å²) in [6.07, 6.45) is 2.81. The zero-order valence-corrected chi connectivity index (χ0v) is 13.5. The van der Waals surface area contributed by atoms with E-state index < -0.39 is 0 Å². The summed E-state index contributed by atoms with van der Waals surface area (Å²) in [7, 11) is 0. The summed E-state index contributed by atoms with van der Waals surface area (Å²) in [5, 5.41) is 3.65. The van der Waals surface area contributed by atoms with Crippen molar-refractivity contribution in [1.29, 1.82) is 0 Å². The largest absolute Gasteiger partial charge is 0.313 e. The highest BCUT2D eigenvalue weighted by molar-refractivity contribution is 4.94. The average molecular weight is 267 g/mol. The van der Waals surface area contributed by atoms with Crippen molar-refractivity contribution in [2.45, 2.75) is 71.6 Å². The molecule has 2 rings (SSSR count). The maximum atomic E-state index is 3.65. The van der Waals surface area contributed by atoms with Gasteiger partial charge in [0.05, 0.1) is 0 Å². The Hall–Kier alpha value is -0.120. The molecule has 0 amide bonds. The molecule has 2 aliphatic heterocycles. The molecule has 0 aliphatic carbocycles. The minimum atomic E-state index is 0.587. The van der Waals surface area contributed by atoms with Gasteiger partial charge in [-0.25, -0.2) is 0 Å². The molecule has 2 aliphatic rings. The second-order valence-electron chi connectivity index (χ2n) is 7.21. The van der Waals surface area contributed by atoms with E-state index in [9.17, 15) is 0 Å². The minimum Gasteiger partial charge on any atom is -0.313 e. The third-order valence-corrected chi connectivity index (χ3v) is 4.92. The van der Waals surface area contributed by atoms with Crippen LogP contribution >= 0.6 is 0 Å². The van der Waals surface area contributed by atoms with E-state index in [4.69, 9.17) is 0 Å². The molecular formula is C16H33N3. The van der Waals surface area contributed by atoms with Crippen molar-refractivity contribution in [3.63, 3.8) is 0 Å². The van der Waals surface area contributed by atoms with Gasteiger partial charge in [-0.05, 0) is 32.2 Å². The van der Waals surface area contributed by atoms with Crippen LogP contribution < -0.4 is 5.32 Å². The van der Waals surface area contributed by atoms with Gasteiger partial charge in [0.1, 0.15) is 0 Å². The normalized spacial score (nSPS) is 31.1. The molecule has 2 heterocycles. The zero-order chi connectivity index (χ0) is 14.0. The summed E-state index contributed by atoms with van der Waals surface area (Å²) >= 11 is 0. The quantitative estimate of drug-likeness (QED) is 0.824. The molecule has 3 atom stereocenters. The molecule has 0 radical (unpaired) electrons. The van der Waals surface area contributed by atoms with Crippen LogP contribution in [0.5, 0.6) is 0 Å². The van der Waals surface area contributed by atoms with Crippen molar-refractivity contribution in [1.82, 2.24) is 15.1 Å². The van der Waals surface area contributed by atoms with Gasteiger partial charge in [0, 0.05) is 43.8 Å². The highest BCUT2D eigenvalue weighted by Gasteiger charge is 2.37. The van der Waals surface area contributed by atoms with E-state index in [0.717, 1.165) is 18.5 Å². The fraction of sp³-hybridized carbons (Fsp3) is 1.00. The number of hydrogen-bond donors (Lipinski definition) is 1. The maximum absolute atomic E-state index is 3.65. The van der Waals surface area contributed by atoms with Gasteiger partial charge in [0.15, 0.2) is 0 Å². The lowest BCUT2D eigenvalue weighted by atomic mass is 9.97. The Kier molecular flexibility index (Phi) is 5.27. The molecule has 3 heteroatoms. The van der Waals surface area contributed by atoms with Crippen LogP contribution in [-0.4, -0.2) is 60.1 Å². The van der Waals surface area contributed by atoms with Crippen molar-refractivity contribution >= 4 is 0 Å². The third kappa shape index (κ3) is 3.71. The second kappa shape index (κ2) is 6.55. The van der Waals surface area contributed by atoms with Gasteiger partial charge in [-0.15, -0.1) is 0 Å². The van der Waals surface area contributed by atoms with Crippen LogP contribution in [0.15, 0.2) is 0 Å². The van der Waals surface area contributed by atoms with E-state index in [1.165, 1.54) is 32.5 Å². The molecule has 112 valence electrons. The van der Waals surface area contributed by atoms with Gasteiger partial charge in [-0.1, -0.05) is 27.7 Å². The lowest BCUT2D eigenvalue weighted by Crippen LogP contribution is -2.61. The first-order valence-electron chi connectivity index (χ1n) is 8.22. The Balaban J connectivity index is 1.99. The fourth-order valence-electron chi connectivity index (χ4n) is 3.76. The van der Waals surface area contributed by atoms with Gasteiger partial charge >= 0.3 is 0 Å². The van der Waals surface area contributed by atoms with Gasteiger partial charge in [-0.3, -0.25) is 9.80 Å². The Labute approximate surface area is 119 Å². The standard InChI is InChI=1S/C16H33N3/c1-12(2)16(9-17-13(3)4)19-11-15-7-6-8-18(15)10-14(19)5/h12-17H,6-11H2,1-5H3. The van der Waals surface area contributed by atoms with Crippen LogP contribution in [0.4, 0.5) is 0 Å². The van der Waals surface area contributed by atoms with E-state index in [1.54, 1.807) is 0 Å². The van der Waals surface area contributed by atoms with E-state index >= 15 is 0 Å². The zero-order valence-electron chi connectivity index (χ0n) is 13.5. The first-order valence-corrected chi connectivity index (χ1v) is 8.22. The minimum absolute atomic E-state index is 0.587. The topological polar surface area (TPSA) is 18.5 Å². The fourth-order valence-corrected chi connectivity index (χ4v) is 3.76. The molecular weight excluding hydrogens is 234 g/mol. The summed E-state index contributed by atoms with van der Waals surface area (Å²) < 4.78 is 0. The number of nitrogens with one attached hydrogen (secondary N) is 1. The lowest BCUT2D eigenvalue weighted by Gasteiger charge is -2.47. The predicted octanol–water partition coefficient (Wildman–Crippen LogP) is 2.18. The predicted molar refractivity (Wildman–Crippen MR) is 82.5 cm³/mol. The molecule has 2 fully saturated rings. The molecule has 1 N–H and O–H groups in total. The summed E-state index contributed by atoms with van der Waals surface area (Å²) in [6, 6.07) is 2.80. The summed E-state index contributed by atoms with van der Waals surface area (Å²) in [5.74, 6) is 0.724. The highest BCUT2D eigenvalue weighted by atomic mass is 15.3. The molecule has 3 nitrogen and oxygen atoms in total. The SMILES string of the molecule is CC(C)NCC(C(C)C)N1CC2CCCN2CC1C. The maximum Gasteiger partial charge on any atom is 0.0247 e. The van der Waals surface area contributed by atoms with Crippen LogP contribution in [0.25, 0.3) is 0 Å². The summed E-state index contributed by atoms with van der Waals surface area (Å²) in [6.45, 7) is 16.7. The third-order valence-electron chi connectivity index (χ3n) is 4.92. The van der Waals surface area contributed by atoms with E-state index in [2.05, 4.69) is 49.7 Å². The average Bonchev–Trinajstić information content (AvgIpc) is 2.75. The number of hydrogen-bond acceptors (Lipinski definition) is 3. The molecule has 19 heavy (non-hydrogen) atoms. The van der Waals surface area contributed by atoms with Crippen molar-refractivity contribution in [3.05, 3.63) is 0 Å². The number of piperazine rings is 1. The Morgan fingerprint density at radius 1 is 1.16 bits per heavy atom. The summed E-state index contributed by atoms with van der Waals surface area (Å²) in [5.41, 5.74) is 0. The number of nitrogens with zero attached hydrogens (tertiary/aromatic N) is 2. The van der Waals surface area contributed by atoms with Crippen molar-refractivity contribution < 1.29 is 0 Å². The van der Waals surface area contributed by atoms with Crippen LogP contribution in [-0.2, 0) is 0 Å². The molecule has 0 bridgehead atoms. The number of fused-ring (bicyclic) bond motifs is 1. The molecule has 0 aromatic heterocycles. The summed E-state index contributed by atoms with van der Waals surface area (Å²) in [4.78, 5) is 5.50. The first kappa shape index (κ1) is 15.3. The van der Waals surface area contributed by atoms with Gasteiger partial charge in [0.25, 0.3) is 0 Å². The van der Waals surface area contributed by atoms with E-state index in [0.29, 0.717) is 18.1 Å². The Bertz CT molecular complexity index is 277. The van der Waals surface area contributed by atoms with Crippen molar-refractivity contribution in [2.75, 3.05) is 26.2 Å². The molecule has 0 saturated carbocycles. The monoisotopic (exact) mass is 267 g/mol. The molecule has 3 unspecified atom stereocenters. The van der Waals surface area contributed by atoms with Gasteiger partial charge < -0.3 is 5.32 Å². The second-order valence-corrected chi connectivity index (χ2v) is 7.21. The van der Waals surface area contributed by atoms with Gasteiger partial charge in [0.2, 0.25) is 0 Å². The number of rotatable bonds is 5.